The van der Waals surface area contributed by atoms with Crippen molar-refractivity contribution in [3.63, 3.8) is 0 Å². The number of nitrogens with zero attached hydrogens (tertiary/aromatic N) is 1. The molecule has 0 saturated heterocycles. The van der Waals surface area contributed by atoms with Gasteiger partial charge in [-0.25, -0.2) is 0 Å². The van der Waals surface area contributed by atoms with Crippen LogP contribution < -0.4 is 5.73 Å². The minimum absolute atomic E-state index is 0.764. The van der Waals surface area contributed by atoms with Gasteiger partial charge in [-0.15, -0.1) is 0 Å². The molecule has 0 aliphatic heterocycles. The Morgan fingerprint density at radius 1 is 0.950 bits per heavy atom. The van der Waals surface area contributed by atoms with Gasteiger partial charge in [-0.2, -0.15) is 0 Å². The monoisotopic (exact) mass is 266 g/mol. The maximum atomic E-state index is 5.94. The van der Waals surface area contributed by atoms with Gasteiger partial charge in [0.05, 0.1) is 11.4 Å². The Balaban J connectivity index is 2.24. The van der Waals surface area contributed by atoms with Crippen molar-refractivity contribution in [1.82, 2.24) is 4.57 Å². The Kier molecular flexibility index (Phi) is 2.90. The van der Waals surface area contributed by atoms with Crippen LogP contribution in [-0.2, 0) is 0 Å². The number of hydrogen-bond acceptors (Lipinski definition) is 2. The maximum absolute atomic E-state index is 5.94. The number of benzene rings is 1. The van der Waals surface area contributed by atoms with E-state index in [1.165, 1.54) is 5.56 Å². The number of nitrogen functional groups attached to an aromatic ring is 1. The molecule has 0 fully saturated rings. The molecule has 0 spiro atoms. The maximum Gasteiger partial charge on any atom is 0.151 e. The third kappa shape index (κ3) is 2.01. The van der Waals surface area contributed by atoms with E-state index in [0.29, 0.717) is 0 Å². The molecule has 0 aliphatic carbocycles. The molecule has 2 heterocycles. The van der Waals surface area contributed by atoms with Crippen molar-refractivity contribution in [3.8, 4) is 17.1 Å². The molecule has 2 aromatic heterocycles. The van der Waals surface area contributed by atoms with E-state index in [2.05, 4.69) is 30.5 Å². The van der Waals surface area contributed by atoms with Crippen molar-refractivity contribution < 1.29 is 4.42 Å². The molecule has 20 heavy (non-hydrogen) atoms. The van der Waals surface area contributed by atoms with Gasteiger partial charge in [0.25, 0.3) is 0 Å². The number of aromatic nitrogens is 1. The van der Waals surface area contributed by atoms with Crippen molar-refractivity contribution in [2.45, 2.75) is 20.8 Å². The Hall–Kier alpha value is -2.42. The second-order valence-electron chi connectivity index (χ2n) is 5.15. The zero-order chi connectivity index (χ0) is 14.3. The Bertz CT molecular complexity index is 765. The minimum atomic E-state index is 0.764. The average molecular weight is 266 g/mol. The van der Waals surface area contributed by atoms with Crippen LogP contribution in [0.15, 0.2) is 46.9 Å². The largest absolute Gasteiger partial charge is 0.460 e. The van der Waals surface area contributed by atoms with E-state index in [-0.39, 0.29) is 0 Å². The Morgan fingerprint density at radius 2 is 1.75 bits per heavy atom. The van der Waals surface area contributed by atoms with Crippen molar-refractivity contribution in [2.24, 2.45) is 0 Å². The normalized spacial score (nSPS) is 10.9. The highest BCUT2D eigenvalue weighted by molar-refractivity contribution is 5.63. The van der Waals surface area contributed by atoms with Gasteiger partial charge < -0.3 is 14.7 Å². The first kappa shape index (κ1) is 12.6. The van der Waals surface area contributed by atoms with E-state index in [1.807, 2.05) is 37.3 Å². The number of nitrogens with two attached hydrogens (primary N) is 1. The summed E-state index contributed by atoms with van der Waals surface area (Å²) in [6.45, 7) is 6.13. The summed E-state index contributed by atoms with van der Waals surface area (Å²) < 4.78 is 7.95. The van der Waals surface area contributed by atoms with Crippen LogP contribution in [0, 0.1) is 20.8 Å². The van der Waals surface area contributed by atoms with Crippen LogP contribution in [0.4, 0.5) is 5.69 Å². The lowest BCUT2D eigenvalue weighted by Crippen LogP contribution is -2.02. The Morgan fingerprint density at radius 3 is 2.45 bits per heavy atom. The molecule has 3 nitrogen and oxygen atoms in total. The summed E-state index contributed by atoms with van der Waals surface area (Å²) >= 11 is 0. The standard InChI is InChI=1S/C17H18N2O/c1-11-4-7-14(18)10-16(11)19-12(2)5-8-15(19)17-9-6-13(3)20-17/h4-10H,18H2,1-3H3. The van der Waals surface area contributed by atoms with Crippen LogP contribution in [0.3, 0.4) is 0 Å². The number of furan rings is 1. The molecule has 0 atom stereocenters. The number of aryl methyl sites for hydroxylation is 3. The average Bonchev–Trinajstić information content (AvgIpc) is 2.99. The first-order valence-corrected chi connectivity index (χ1v) is 6.68. The molecular formula is C17H18N2O. The molecular weight excluding hydrogens is 248 g/mol. The van der Waals surface area contributed by atoms with Crippen LogP contribution >= 0.6 is 0 Å². The molecule has 3 aromatic rings. The molecule has 3 rings (SSSR count). The van der Waals surface area contributed by atoms with Crippen LogP contribution in [0.1, 0.15) is 17.0 Å². The number of hydrogen-bond donors (Lipinski definition) is 1. The quantitative estimate of drug-likeness (QED) is 0.705. The lowest BCUT2D eigenvalue weighted by molar-refractivity contribution is 0.545. The molecule has 0 aliphatic rings. The minimum Gasteiger partial charge on any atom is -0.460 e. The van der Waals surface area contributed by atoms with Gasteiger partial charge in [0.2, 0.25) is 0 Å². The molecule has 0 unspecified atom stereocenters. The van der Waals surface area contributed by atoms with Gasteiger partial charge in [-0.3, -0.25) is 0 Å². The first-order chi connectivity index (χ1) is 9.56. The summed E-state index contributed by atoms with van der Waals surface area (Å²) in [7, 11) is 0. The van der Waals surface area contributed by atoms with Crippen molar-refractivity contribution in [1.29, 1.82) is 0 Å². The molecule has 0 amide bonds. The zero-order valence-corrected chi connectivity index (χ0v) is 12.0. The van der Waals surface area contributed by atoms with Crippen molar-refractivity contribution >= 4 is 5.69 Å². The molecule has 0 bridgehead atoms. The zero-order valence-electron chi connectivity index (χ0n) is 12.0. The van der Waals surface area contributed by atoms with E-state index < -0.39 is 0 Å². The highest BCUT2D eigenvalue weighted by Crippen LogP contribution is 2.30. The lowest BCUT2D eigenvalue weighted by Gasteiger charge is -2.14. The van der Waals surface area contributed by atoms with Crippen LogP contribution in [0.2, 0.25) is 0 Å². The number of anilines is 1. The van der Waals surface area contributed by atoms with E-state index in [9.17, 15) is 0 Å². The summed E-state index contributed by atoms with van der Waals surface area (Å²) in [5.74, 6) is 1.78. The van der Waals surface area contributed by atoms with Gasteiger partial charge in [0.1, 0.15) is 5.76 Å². The summed E-state index contributed by atoms with van der Waals surface area (Å²) in [5, 5.41) is 0. The van der Waals surface area contributed by atoms with E-state index >= 15 is 0 Å². The molecule has 1 aromatic carbocycles. The number of rotatable bonds is 2. The van der Waals surface area contributed by atoms with Crippen LogP contribution in [0.5, 0.6) is 0 Å². The van der Waals surface area contributed by atoms with Crippen LogP contribution in [-0.4, -0.2) is 4.57 Å². The molecule has 2 N–H and O–H groups in total. The third-order valence-corrected chi connectivity index (χ3v) is 3.54. The predicted molar refractivity (Wildman–Crippen MR) is 82.1 cm³/mol. The highest BCUT2D eigenvalue weighted by Gasteiger charge is 2.14. The van der Waals surface area contributed by atoms with Crippen LogP contribution in [0.25, 0.3) is 17.1 Å². The van der Waals surface area contributed by atoms with Gasteiger partial charge in [0, 0.05) is 11.4 Å². The summed E-state index contributed by atoms with van der Waals surface area (Å²) in [5.41, 5.74) is 11.2. The molecule has 3 heteroatoms. The topological polar surface area (TPSA) is 44.1 Å². The van der Waals surface area contributed by atoms with Gasteiger partial charge >= 0.3 is 0 Å². The van der Waals surface area contributed by atoms with Crippen molar-refractivity contribution in [3.05, 3.63) is 59.5 Å². The van der Waals surface area contributed by atoms with Gasteiger partial charge in [-0.05, 0) is 62.7 Å². The predicted octanol–water partition coefficient (Wildman–Crippen LogP) is 4.24. The third-order valence-electron chi connectivity index (χ3n) is 3.54. The SMILES string of the molecule is Cc1ccc(-c2ccc(C)n2-c2cc(N)ccc2C)o1. The fraction of sp³-hybridized carbons (Fsp3) is 0.176. The lowest BCUT2D eigenvalue weighted by atomic mass is 10.1. The highest BCUT2D eigenvalue weighted by atomic mass is 16.3. The van der Waals surface area contributed by atoms with E-state index in [4.69, 9.17) is 10.2 Å². The second kappa shape index (κ2) is 4.60. The Labute approximate surface area is 118 Å². The summed E-state index contributed by atoms with van der Waals surface area (Å²) in [6, 6.07) is 14.1. The van der Waals surface area contributed by atoms with Crippen molar-refractivity contribution in [2.75, 3.05) is 5.73 Å². The first-order valence-electron chi connectivity index (χ1n) is 6.68. The fourth-order valence-corrected chi connectivity index (χ4v) is 2.49. The fourth-order valence-electron chi connectivity index (χ4n) is 2.49. The smallest absolute Gasteiger partial charge is 0.151 e. The summed E-state index contributed by atoms with van der Waals surface area (Å²) in [6.07, 6.45) is 0. The molecule has 0 saturated carbocycles. The second-order valence-corrected chi connectivity index (χ2v) is 5.15. The molecule has 0 radical (unpaired) electrons. The van der Waals surface area contributed by atoms with E-state index in [0.717, 1.165) is 34.3 Å². The van der Waals surface area contributed by atoms with Gasteiger partial charge in [-0.1, -0.05) is 6.07 Å². The van der Waals surface area contributed by atoms with E-state index in [1.54, 1.807) is 0 Å². The van der Waals surface area contributed by atoms with Gasteiger partial charge in [0.15, 0.2) is 5.76 Å². The molecule has 102 valence electrons. The summed E-state index contributed by atoms with van der Waals surface area (Å²) in [4.78, 5) is 0.